The molecule has 0 saturated heterocycles. The molecule has 0 aliphatic rings. The van der Waals surface area contributed by atoms with Crippen LogP contribution in [0.2, 0.25) is 0 Å². The molecule has 0 radical (unpaired) electrons. The van der Waals surface area contributed by atoms with E-state index >= 15 is 0 Å². The van der Waals surface area contributed by atoms with Gasteiger partial charge >= 0.3 is 0 Å². The molecule has 5 nitrogen and oxygen atoms in total. The van der Waals surface area contributed by atoms with Gasteiger partial charge in [-0.05, 0) is 42.3 Å². The first-order valence-corrected chi connectivity index (χ1v) is 7.45. The topological polar surface area (TPSA) is 55.9 Å². The van der Waals surface area contributed by atoms with Crippen LogP contribution in [-0.4, -0.2) is 30.8 Å². The van der Waals surface area contributed by atoms with Crippen LogP contribution < -0.4 is 0 Å². The maximum Gasteiger partial charge on any atom is 0.0738 e. The second-order valence-electron chi connectivity index (χ2n) is 5.30. The molecule has 110 valence electrons. The van der Waals surface area contributed by atoms with Gasteiger partial charge in [-0.25, -0.2) is 0 Å². The quantitative estimate of drug-likeness (QED) is 0.925. The van der Waals surface area contributed by atoms with Gasteiger partial charge in [0.25, 0.3) is 0 Å². The van der Waals surface area contributed by atoms with Gasteiger partial charge in [0.15, 0.2) is 0 Å². The lowest BCUT2D eigenvalue weighted by molar-refractivity contribution is 0.172. The largest absolute Gasteiger partial charge is 0.392 e. The predicted molar refractivity (Wildman–Crippen MR) is 81.7 cm³/mol. The first-order chi connectivity index (χ1) is 9.31. The molecule has 2 aromatic heterocycles. The van der Waals surface area contributed by atoms with Crippen molar-refractivity contribution in [2.75, 3.05) is 0 Å². The highest BCUT2D eigenvalue weighted by Gasteiger charge is 2.18. The third kappa shape index (κ3) is 2.81. The van der Waals surface area contributed by atoms with Crippen molar-refractivity contribution in [3.63, 3.8) is 0 Å². The molecule has 2 aromatic rings. The van der Waals surface area contributed by atoms with Crippen molar-refractivity contribution in [1.29, 1.82) is 0 Å². The highest BCUT2D eigenvalue weighted by atomic mass is 79.9. The summed E-state index contributed by atoms with van der Waals surface area (Å²) in [4.78, 5) is 0. The van der Waals surface area contributed by atoms with Crippen molar-refractivity contribution in [1.82, 2.24) is 19.6 Å². The first kappa shape index (κ1) is 15.3. The summed E-state index contributed by atoms with van der Waals surface area (Å²) in [6.07, 6.45) is 0.746. The SMILES string of the molecule is Cc1nn(C)c(CC(O)Cc2c(C)nn(C)c2C)c1Br. The Bertz CT molecular complexity index is 575. The molecule has 0 saturated carbocycles. The molecular weight excluding hydrogens is 320 g/mol. The number of hydrogen-bond donors (Lipinski definition) is 1. The molecule has 0 bridgehead atoms. The number of rotatable bonds is 4. The van der Waals surface area contributed by atoms with Gasteiger partial charge in [0.05, 0.1) is 27.7 Å². The zero-order valence-electron chi connectivity index (χ0n) is 12.6. The van der Waals surface area contributed by atoms with Crippen LogP contribution in [0, 0.1) is 20.8 Å². The molecule has 6 heteroatoms. The van der Waals surface area contributed by atoms with E-state index in [4.69, 9.17) is 0 Å². The minimum Gasteiger partial charge on any atom is -0.392 e. The van der Waals surface area contributed by atoms with Crippen LogP contribution in [0.15, 0.2) is 4.47 Å². The average molecular weight is 341 g/mol. The van der Waals surface area contributed by atoms with Gasteiger partial charge in [-0.2, -0.15) is 10.2 Å². The van der Waals surface area contributed by atoms with Crippen molar-refractivity contribution in [3.8, 4) is 0 Å². The molecular formula is C14H21BrN4O. The highest BCUT2D eigenvalue weighted by molar-refractivity contribution is 9.10. The molecule has 1 atom stereocenters. The maximum atomic E-state index is 10.4. The number of nitrogens with zero attached hydrogens (tertiary/aromatic N) is 4. The zero-order valence-corrected chi connectivity index (χ0v) is 14.2. The van der Waals surface area contributed by atoms with Gasteiger partial charge in [-0.3, -0.25) is 9.36 Å². The van der Waals surface area contributed by atoms with Gasteiger partial charge in [0.2, 0.25) is 0 Å². The molecule has 0 fully saturated rings. The van der Waals surface area contributed by atoms with Crippen LogP contribution in [0.4, 0.5) is 0 Å². The van der Waals surface area contributed by atoms with E-state index in [1.807, 2.05) is 44.2 Å². The summed E-state index contributed by atoms with van der Waals surface area (Å²) in [7, 11) is 3.83. The fourth-order valence-corrected chi connectivity index (χ4v) is 3.04. The van der Waals surface area contributed by atoms with Gasteiger partial charge in [-0.15, -0.1) is 0 Å². The van der Waals surface area contributed by atoms with Crippen molar-refractivity contribution in [3.05, 3.63) is 32.8 Å². The normalized spacial score (nSPS) is 12.9. The molecule has 1 N–H and O–H groups in total. The van der Waals surface area contributed by atoms with Crippen molar-refractivity contribution < 1.29 is 5.11 Å². The van der Waals surface area contributed by atoms with Gasteiger partial charge < -0.3 is 5.11 Å². The highest BCUT2D eigenvalue weighted by Crippen LogP contribution is 2.23. The molecule has 1 unspecified atom stereocenters. The lowest BCUT2D eigenvalue weighted by Crippen LogP contribution is -2.17. The Balaban J connectivity index is 2.15. The monoisotopic (exact) mass is 340 g/mol. The Labute approximate surface area is 127 Å². The van der Waals surface area contributed by atoms with Crippen LogP contribution in [0.5, 0.6) is 0 Å². The second kappa shape index (κ2) is 5.69. The summed E-state index contributed by atoms with van der Waals surface area (Å²) in [6, 6.07) is 0. The molecule has 2 rings (SSSR count). The first-order valence-electron chi connectivity index (χ1n) is 6.66. The van der Waals surface area contributed by atoms with E-state index < -0.39 is 6.10 Å². The van der Waals surface area contributed by atoms with Gasteiger partial charge in [0.1, 0.15) is 0 Å². The summed E-state index contributed by atoms with van der Waals surface area (Å²) in [5.41, 5.74) is 5.21. The van der Waals surface area contributed by atoms with E-state index in [2.05, 4.69) is 26.1 Å². The van der Waals surface area contributed by atoms with E-state index in [0.717, 1.165) is 32.8 Å². The summed E-state index contributed by atoms with van der Waals surface area (Å²) in [6.45, 7) is 5.97. The third-order valence-corrected chi connectivity index (χ3v) is 4.82. The Morgan fingerprint density at radius 2 is 1.65 bits per heavy atom. The zero-order chi connectivity index (χ0) is 15.0. The third-order valence-electron chi connectivity index (χ3n) is 3.79. The standard InChI is InChI=1S/C14H21BrN4O/c1-8-12(10(3)18(4)16-8)6-11(20)7-13-14(15)9(2)17-19(13)5/h11,20H,6-7H2,1-5H3. The number of aliphatic hydroxyl groups excluding tert-OH is 1. The fraction of sp³-hybridized carbons (Fsp3) is 0.571. The Morgan fingerprint density at radius 3 is 2.10 bits per heavy atom. The number of aromatic nitrogens is 4. The van der Waals surface area contributed by atoms with E-state index in [1.165, 1.54) is 0 Å². The van der Waals surface area contributed by atoms with Crippen molar-refractivity contribution in [2.24, 2.45) is 14.1 Å². The molecule has 0 aliphatic heterocycles. The van der Waals surface area contributed by atoms with E-state index in [-0.39, 0.29) is 0 Å². The predicted octanol–water partition coefficient (Wildman–Crippen LogP) is 1.99. The molecule has 2 heterocycles. The average Bonchev–Trinajstić information content (AvgIpc) is 2.74. The number of hydrogen-bond acceptors (Lipinski definition) is 3. The Morgan fingerprint density at radius 1 is 1.05 bits per heavy atom. The maximum absolute atomic E-state index is 10.4. The summed E-state index contributed by atoms with van der Waals surface area (Å²) < 4.78 is 4.67. The van der Waals surface area contributed by atoms with E-state index in [9.17, 15) is 5.11 Å². The van der Waals surface area contributed by atoms with E-state index in [0.29, 0.717) is 12.8 Å². The van der Waals surface area contributed by atoms with Crippen LogP contribution in [0.3, 0.4) is 0 Å². The summed E-state index contributed by atoms with van der Waals surface area (Å²) in [5.74, 6) is 0. The number of halogens is 1. The number of aryl methyl sites for hydroxylation is 4. The lowest BCUT2D eigenvalue weighted by Gasteiger charge is -2.12. The van der Waals surface area contributed by atoms with Crippen LogP contribution >= 0.6 is 15.9 Å². The molecule has 20 heavy (non-hydrogen) atoms. The molecule has 0 spiro atoms. The van der Waals surface area contributed by atoms with Crippen LogP contribution in [-0.2, 0) is 26.9 Å². The number of aliphatic hydroxyl groups is 1. The van der Waals surface area contributed by atoms with Gasteiger partial charge in [-0.1, -0.05) is 0 Å². The van der Waals surface area contributed by atoms with Crippen molar-refractivity contribution in [2.45, 2.75) is 39.7 Å². The fourth-order valence-electron chi connectivity index (χ4n) is 2.55. The van der Waals surface area contributed by atoms with Crippen LogP contribution in [0.1, 0.15) is 28.3 Å². The van der Waals surface area contributed by atoms with Crippen molar-refractivity contribution >= 4 is 15.9 Å². The van der Waals surface area contributed by atoms with Crippen LogP contribution in [0.25, 0.3) is 0 Å². The summed E-state index contributed by atoms with van der Waals surface area (Å²) in [5, 5.41) is 19.1. The van der Waals surface area contributed by atoms with Gasteiger partial charge in [0, 0.05) is 32.6 Å². The van der Waals surface area contributed by atoms with E-state index in [1.54, 1.807) is 0 Å². The Hall–Kier alpha value is -1.14. The summed E-state index contributed by atoms with van der Waals surface area (Å²) >= 11 is 3.54. The second-order valence-corrected chi connectivity index (χ2v) is 6.10. The minimum absolute atomic E-state index is 0.442. The molecule has 0 aromatic carbocycles. The molecule has 0 amide bonds. The molecule has 0 aliphatic carbocycles. The minimum atomic E-state index is -0.442. The smallest absolute Gasteiger partial charge is 0.0738 e. The Kier molecular flexibility index (Phi) is 4.34. The lowest BCUT2D eigenvalue weighted by atomic mass is 10.0.